The highest BCUT2D eigenvalue weighted by Gasteiger charge is 2.29. The van der Waals surface area contributed by atoms with Gasteiger partial charge in [-0.25, -0.2) is 0 Å². The maximum absolute atomic E-state index is 13.0. The van der Waals surface area contributed by atoms with Crippen molar-refractivity contribution in [1.82, 2.24) is 5.32 Å². The second-order valence-electron chi connectivity index (χ2n) is 5.98. The Labute approximate surface area is 147 Å². The first-order valence-electron chi connectivity index (χ1n) is 8.11. The number of hydrogen-bond acceptors (Lipinski definition) is 3. The molecule has 0 bridgehead atoms. The fourth-order valence-electron chi connectivity index (χ4n) is 2.78. The molecule has 0 spiro atoms. The lowest BCUT2D eigenvalue weighted by Crippen LogP contribution is -2.49. The van der Waals surface area contributed by atoms with E-state index in [2.05, 4.69) is 5.32 Å². The fraction of sp³-hybridized carbons (Fsp3) is 0.250. The Morgan fingerprint density at radius 3 is 1.92 bits per heavy atom. The Morgan fingerprint density at radius 1 is 1.04 bits per heavy atom. The molecule has 0 radical (unpaired) electrons. The maximum Gasteiger partial charge on any atom is 0.240 e. The molecule has 0 saturated heterocycles. The molecule has 128 valence electrons. The van der Waals surface area contributed by atoms with Crippen LogP contribution in [0.4, 0.5) is 0 Å². The van der Waals surface area contributed by atoms with Crippen LogP contribution in [0.25, 0.3) is 0 Å². The topological polar surface area (TPSA) is 96.0 Å². The van der Waals surface area contributed by atoms with Gasteiger partial charge < -0.3 is 11.1 Å². The molecule has 2 rings (SSSR count). The third kappa shape index (κ3) is 4.67. The molecule has 0 fully saturated rings. The molecule has 0 aliphatic carbocycles. The summed E-state index contributed by atoms with van der Waals surface area (Å²) in [5.74, 6) is -1.88. The highest BCUT2D eigenvalue weighted by Crippen LogP contribution is 2.25. The largest absolute Gasteiger partial charge is 0.368 e. The smallest absolute Gasteiger partial charge is 0.240 e. The van der Waals surface area contributed by atoms with Crippen molar-refractivity contribution in [2.75, 3.05) is 0 Å². The molecule has 2 atom stereocenters. The lowest BCUT2D eigenvalue weighted by atomic mass is 9.89. The Balaban J connectivity index is 2.33. The summed E-state index contributed by atoms with van der Waals surface area (Å²) in [7, 11) is 0. The second kappa shape index (κ2) is 8.65. The van der Waals surface area contributed by atoms with Crippen LogP contribution in [-0.2, 0) is 9.59 Å². The van der Waals surface area contributed by atoms with Crippen molar-refractivity contribution in [3.05, 3.63) is 71.8 Å². The van der Waals surface area contributed by atoms with Gasteiger partial charge >= 0.3 is 0 Å². The normalized spacial score (nSPS) is 12.8. The van der Waals surface area contributed by atoms with Gasteiger partial charge in [-0.3, -0.25) is 9.59 Å². The minimum atomic E-state index is -0.887. The third-order valence-electron chi connectivity index (χ3n) is 4.11. The number of benzene rings is 2. The van der Waals surface area contributed by atoms with Crippen LogP contribution < -0.4 is 11.1 Å². The zero-order valence-corrected chi connectivity index (χ0v) is 14.1. The van der Waals surface area contributed by atoms with Crippen molar-refractivity contribution >= 4 is 11.8 Å². The molecule has 0 saturated carbocycles. The van der Waals surface area contributed by atoms with Gasteiger partial charge in [0.2, 0.25) is 11.8 Å². The minimum Gasteiger partial charge on any atom is -0.368 e. The van der Waals surface area contributed by atoms with E-state index in [1.54, 1.807) is 6.92 Å². The van der Waals surface area contributed by atoms with Crippen molar-refractivity contribution in [1.29, 1.82) is 5.26 Å². The Hall–Kier alpha value is -3.13. The van der Waals surface area contributed by atoms with Crippen molar-refractivity contribution in [2.24, 2.45) is 11.7 Å². The number of rotatable bonds is 7. The first-order chi connectivity index (χ1) is 12.0. The maximum atomic E-state index is 13.0. The van der Waals surface area contributed by atoms with E-state index in [-0.39, 0.29) is 18.2 Å². The Kier molecular flexibility index (Phi) is 6.30. The van der Waals surface area contributed by atoms with E-state index in [9.17, 15) is 9.59 Å². The molecule has 0 aliphatic rings. The van der Waals surface area contributed by atoms with Gasteiger partial charge in [-0.1, -0.05) is 67.6 Å². The molecule has 0 aromatic heterocycles. The first-order valence-corrected chi connectivity index (χ1v) is 8.11. The van der Waals surface area contributed by atoms with Crippen molar-refractivity contribution < 1.29 is 9.59 Å². The summed E-state index contributed by atoms with van der Waals surface area (Å²) >= 11 is 0. The van der Waals surface area contributed by atoms with Gasteiger partial charge in [-0.2, -0.15) is 5.26 Å². The van der Waals surface area contributed by atoms with E-state index in [1.165, 1.54) is 0 Å². The quantitative estimate of drug-likeness (QED) is 0.813. The number of carbonyl (C=O) groups is 2. The van der Waals surface area contributed by atoms with Crippen molar-refractivity contribution in [3.63, 3.8) is 0 Å². The van der Waals surface area contributed by atoms with Crippen LogP contribution in [0, 0.1) is 17.2 Å². The number of nitriles is 1. The van der Waals surface area contributed by atoms with Crippen LogP contribution in [0.3, 0.4) is 0 Å². The van der Waals surface area contributed by atoms with Crippen molar-refractivity contribution in [2.45, 2.75) is 25.3 Å². The second-order valence-corrected chi connectivity index (χ2v) is 5.98. The molecular formula is C20H21N3O2. The molecule has 5 nitrogen and oxygen atoms in total. The number of nitrogens with zero attached hydrogens (tertiary/aromatic N) is 1. The van der Waals surface area contributed by atoms with Crippen LogP contribution in [-0.4, -0.2) is 17.9 Å². The molecule has 25 heavy (non-hydrogen) atoms. The Morgan fingerprint density at radius 2 is 1.52 bits per heavy atom. The summed E-state index contributed by atoms with van der Waals surface area (Å²) in [4.78, 5) is 24.7. The zero-order valence-electron chi connectivity index (χ0n) is 14.1. The summed E-state index contributed by atoms with van der Waals surface area (Å²) in [6, 6.07) is 19.8. The Bertz CT molecular complexity index is 714. The molecule has 0 heterocycles. The van der Waals surface area contributed by atoms with Gasteiger partial charge in [0, 0.05) is 6.42 Å². The summed E-state index contributed by atoms with van der Waals surface area (Å²) in [5.41, 5.74) is 7.07. The van der Waals surface area contributed by atoms with Crippen LogP contribution in [0.5, 0.6) is 0 Å². The standard InChI is InChI=1S/C20H21N3O2/c1-14(12-13-21)18(19(22)24)23-20(25)17(15-8-4-2-5-9-15)16-10-6-3-7-11-16/h2-11,14,17-18H,12H2,1H3,(H2,22,24)(H,23,25)/t14-,18+/m0/s1. The monoisotopic (exact) mass is 335 g/mol. The SMILES string of the molecule is C[C@@H](CC#N)[C@@H](NC(=O)C(c1ccccc1)c1ccccc1)C(N)=O. The molecule has 2 aromatic carbocycles. The number of hydrogen-bond donors (Lipinski definition) is 2. The van der Waals surface area contributed by atoms with Crippen LogP contribution in [0.15, 0.2) is 60.7 Å². The lowest BCUT2D eigenvalue weighted by Gasteiger charge is -2.24. The predicted octanol–water partition coefficient (Wildman–Crippen LogP) is 2.34. The molecule has 2 aromatic rings. The van der Waals surface area contributed by atoms with Crippen LogP contribution >= 0.6 is 0 Å². The van der Waals surface area contributed by atoms with Gasteiger partial charge in [0.25, 0.3) is 0 Å². The summed E-state index contributed by atoms with van der Waals surface area (Å²) < 4.78 is 0. The minimum absolute atomic E-state index is 0.134. The first kappa shape index (κ1) is 18.2. The lowest BCUT2D eigenvalue weighted by molar-refractivity contribution is -0.128. The number of amides is 2. The van der Waals surface area contributed by atoms with Gasteiger partial charge in [-0.15, -0.1) is 0 Å². The number of nitrogens with one attached hydrogen (secondary N) is 1. The molecule has 3 N–H and O–H groups in total. The zero-order chi connectivity index (χ0) is 18.2. The number of primary amides is 1. The summed E-state index contributed by atoms with van der Waals surface area (Å²) in [6.45, 7) is 1.72. The average Bonchev–Trinajstić information content (AvgIpc) is 2.61. The number of nitrogens with two attached hydrogens (primary N) is 1. The highest BCUT2D eigenvalue weighted by atomic mass is 16.2. The summed E-state index contributed by atoms with van der Waals surface area (Å²) in [6.07, 6.45) is 0.134. The van der Waals surface area contributed by atoms with Gasteiger partial charge in [0.15, 0.2) is 0 Å². The van der Waals surface area contributed by atoms with Crippen molar-refractivity contribution in [3.8, 4) is 6.07 Å². The summed E-state index contributed by atoms with van der Waals surface area (Å²) in [5, 5.41) is 11.6. The molecule has 2 amide bonds. The third-order valence-corrected chi connectivity index (χ3v) is 4.11. The van der Waals surface area contributed by atoms with E-state index in [4.69, 9.17) is 11.0 Å². The molecular weight excluding hydrogens is 314 g/mol. The molecule has 0 unspecified atom stereocenters. The highest BCUT2D eigenvalue weighted by molar-refractivity contribution is 5.92. The van der Waals surface area contributed by atoms with E-state index in [0.29, 0.717) is 0 Å². The van der Waals surface area contributed by atoms with E-state index < -0.39 is 17.9 Å². The number of carbonyl (C=O) groups excluding carboxylic acids is 2. The van der Waals surface area contributed by atoms with Crippen LogP contribution in [0.2, 0.25) is 0 Å². The van der Waals surface area contributed by atoms with E-state index in [1.807, 2.05) is 66.7 Å². The fourth-order valence-corrected chi connectivity index (χ4v) is 2.78. The molecule has 5 heteroatoms. The van der Waals surface area contributed by atoms with E-state index in [0.717, 1.165) is 11.1 Å². The van der Waals surface area contributed by atoms with E-state index >= 15 is 0 Å². The van der Waals surface area contributed by atoms with Gasteiger partial charge in [0.1, 0.15) is 6.04 Å². The average molecular weight is 335 g/mol. The predicted molar refractivity (Wildman–Crippen MR) is 95.2 cm³/mol. The van der Waals surface area contributed by atoms with Gasteiger partial charge in [0.05, 0.1) is 12.0 Å². The molecule has 0 aliphatic heterocycles. The van der Waals surface area contributed by atoms with Crippen LogP contribution in [0.1, 0.15) is 30.4 Å². The van der Waals surface area contributed by atoms with Gasteiger partial charge in [-0.05, 0) is 17.0 Å².